The van der Waals surface area contributed by atoms with Gasteiger partial charge in [-0.2, -0.15) is 0 Å². The predicted octanol–water partition coefficient (Wildman–Crippen LogP) is 3.25. The standard InChI is InChI=1S/3C6H5.C4H10O.Al/c3*1-2-4-6-5-3-1;1-3-5-4-2;/h3*1-5H;3-4H2,1-2H3;. The minimum absolute atomic E-state index is 0.844. The molecule has 122 valence electrons. The van der Waals surface area contributed by atoms with Crippen molar-refractivity contribution >= 4 is 27.4 Å². The molecule has 3 aromatic rings. The van der Waals surface area contributed by atoms with Crippen LogP contribution in [0.4, 0.5) is 0 Å². The van der Waals surface area contributed by atoms with Crippen molar-refractivity contribution in [3.05, 3.63) is 91.0 Å². The molecule has 0 amide bonds. The van der Waals surface area contributed by atoms with Gasteiger partial charge in [-0.3, -0.25) is 0 Å². The topological polar surface area (TPSA) is 9.23 Å². The highest BCUT2D eigenvalue weighted by Gasteiger charge is 2.23. The van der Waals surface area contributed by atoms with E-state index in [4.69, 9.17) is 4.74 Å². The first-order chi connectivity index (χ1) is 11.9. The molecule has 0 aliphatic heterocycles. The summed E-state index contributed by atoms with van der Waals surface area (Å²) in [5, 5.41) is 0. The molecule has 0 heterocycles. The average molecular weight is 332 g/mol. The molecule has 0 spiro atoms. The first-order valence-corrected chi connectivity index (χ1v) is 10.3. The Balaban J connectivity index is 0.000000368. The van der Waals surface area contributed by atoms with Gasteiger partial charge < -0.3 is 4.74 Å². The van der Waals surface area contributed by atoms with Gasteiger partial charge in [-0.05, 0) is 13.8 Å². The lowest BCUT2D eigenvalue weighted by Crippen LogP contribution is -2.51. The molecule has 0 aromatic heterocycles. The molecular weight excluding hydrogens is 307 g/mol. The molecule has 0 saturated carbocycles. The third-order valence-electron chi connectivity index (χ3n) is 3.81. The predicted molar refractivity (Wildman–Crippen MR) is 106 cm³/mol. The summed E-state index contributed by atoms with van der Waals surface area (Å²) in [4.78, 5) is 0. The summed E-state index contributed by atoms with van der Waals surface area (Å²) in [6, 6.07) is 32.7. The maximum atomic E-state index is 4.83. The Morgan fingerprint density at radius 3 is 1.04 bits per heavy atom. The van der Waals surface area contributed by atoms with Crippen LogP contribution in [-0.2, 0) is 4.74 Å². The summed E-state index contributed by atoms with van der Waals surface area (Å²) in [6.45, 7) is 5.67. The van der Waals surface area contributed by atoms with Crippen molar-refractivity contribution in [2.45, 2.75) is 13.8 Å². The summed E-state index contributed by atoms with van der Waals surface area (Å²) >= 11 is -1.31. The van der Waals surface area contributed by atoms with Crippen LogP contribution in [-0.4, -0.2) is 27.4 Å². The molecule has 0 radical (unpaired) electrons. The Morgan fingerprint density at radius 2 is 0.833 bits per heavy atom. The van der Waals surface area contributed by atoms with Crippen LogP contribution in [0.15, 0.2) is 91.0 Å². The Morgan fingerprint density at radius 1 is 0.542 bits per heavy atom. The van der Waals surface area contributed by atoms with Crippen LogP contribution in [0.1, 0.15) is 13.8 Å². The highest BCUT2D eigenvalue weighted by molar-refractivity contribution is 6.95. The van der Waals surface area contributed by atoms with Crippen LogP contribution in [0.2, 0.25) is 0 Å². The maximum Gasteiger partial charge on any atom is 0.383 e. The average Bonchev–Trinajstić information content (AvgIpc) is 2.66. The van der Waals surface area contributed by atoms with Crippen molar-refractivity contribution in [2.24, 2.45) is 0 Å². The van der Waals surface area contributed by atoms with E-state index in [2.05, 4.69) is 91.0 Å². The van der Waals surface area contributed by atoms with E-state index < -0.39 is 14.1 Å². The summed E-state index contributed by atoms with van der Waals surface area (Å²) in [6.07, 6.45) is 0. The van der Waals surface area contributed by atoms with Crippen molar-refractivity contribution in [3.8, 4) is 0 Å². The van der Waals surface area contributed by atoms with Gasteiger partial charge in [0.2, 0.25) is 0 Å². The second kappa shape index (κ2) is 10.8. The molecular formula is C22H25AlO. The van der Waals surface area contributed by atoms with Gasteiger partial charge in [-0.1, -0.05) is 104 Å². The van der Waals surface area contributed by atoms with E-state index in [-0.39, 0.29) is 0 Å². The third kappa shape index (κ3) is 5.66. The third-order valence-corrected chi connectivity index (χ3v) is 6.96. The molecule has 0 fully saturated rings. The van der Waals surface area contributed by atoms with Crippen LogP contribution in [0.3, 0.4) is 0 Å². The van der Waals surface area contributed by atoms with Gasteiger partial charge in [0.05, 0.1) is 0 Å². The zero-order valence-electron chi connectivity index (χ0n) is 14.6. The van der Waals surface area contributed by atoms with E-state index in [0.29, 0.717) is 0 Å². The Bertz CT molecular complexity index is 572. The lowest BCUT2D eigenvalue weighted by Gasteiger charge is -2.13. The largest absolute Gasteiger partial charge is 0.383 e. The minimum Gasteiger partial charge on any atom is -0.382 e. The fraction of sp³-hybridized carbons (Fsp3) is 0.182. The van der Waals surface area contributed by atoms with Gasteiger partial charge in [-0.15, -0.1) is 0 Å². The number of benzene rings is 3. The molecule has 3 rings (SSSR count). The number of ether oxygens (including phenoxy) is 1. The molecule has 0 aliphatic rings. The van der Waals surface area contributed by atoms with Crippen LogP contribution < -0.4 is 13.3 Å². The van der Waals surface area contributed by atoms with Gasteiger partial charge in [0.25, 0.3) is 0 Å². The van der Waals surface area contributed by atoms with Crippen LogP contribution in [0.25, 0.3) is 0 Å². The highest BCUT2D eigenvalue weighted by atomic mass is 27.2. The van der Waals surface area contributed by atoms with Crippen LogP contribution in [0, 0.1) is 0 Å². The summed E-state index contributed by atoms with van der Waals surface area (Å²) in [5.41, 5.74) is 0. The number of hydrogen-bond donors (Lipinski definition) is 0. The molecule has 0 bridgehead atoms. The monoisotopic (exact) mass is 332 g/mol. The number of rotatable bonds is 5. The summed E-state index contributed by atoms with van der Waals surface area (Å²) in [7, 11) is 0. The van der Waals surface area contributed by atoms with Gasteiger partial charge in [0.15, 0.2) is 0 Å². The van der Waals surface area contributed by atoms with Crippen molar-refractivity contribution in [3.63, 3.8) is 0 Å². The lowest BCUT2D eigenvalue weighted by molar-refractivity contribution is 0.162. The highest BCUT2D eigenvalue weighted by Crippen LogP contribution is 1.95. The molecule has 3 aromatic carbocycles. The minimum atomic E-state index is -1.31. The second-order valence-corrected chi connectivity index (χ2v) is 8.31. The molecule has 0 aliphatic carbocycles. The van der Waals surface area contributed by atoms with Gasteiger partial charge >= 0.3 is 14.1 Å². The maximum absolute atomic E-state index is 4.83. The lowest BCUT2D eigenvalue weighted by atomic mass is 10.3. The number of hydrogen-bond acceptors (Lipinski definition) is 1. The van der Waals surface area contributed by atoms with Gasteiger partial charge in [-0.25, -0.2) is 0 Å². The zero-order chi connectivity index (χ0) is 17.0. The van der Waals surface area contributed by atoms with E-state index in [1.807, 2.05) is 13.8 Å². The SMILES string of the molecule is CCOCC.c1cc[c]([Al]([c]2ccccc2)[c]2ccccc2)cc1. The fourth-order valence-corrected chi connectivity index (χ4v) is 5.69. The summed E-state index contributed by atoms with van der Waals surface area (Å²) in [5.74, 6) is 0. The van der Waals surface area contributed by atoms with Crippen LogP contribution in [0.5, 0.6) is 0 Å². The fourth-order valence-electron chi connectivity index (χ4n) is 2.72. The molecule has 0 unspecified atom stereocenters. The molecule has 24 heavy (non-hydrogen) atoms. The van der Waals surface area contributed by atoms with E-state index in [0.717, 1.165) is 13.2 Å². The van der Waals surface area contributed by atoms with E-state index in [1.165, 1.54) is 13.3 Å². The summed E-state index contributed by atoms with van der Waals surface area (Å²) < 4.78 is 9.25. The van der Waals surface area contributed by atoms with Crippen molar-refractivity contribution in [1.29, 1.82) is 0 Å². The molecule has 2 heteroatoms. The van der Waals surface area contributed by atoms with Crippen molar-refractivity contribution in [1.82, 2.24) is 0 Å². The van der Waals surface area contributed by atoms with Crippen molar-refractivity contribution in [2.75, 3.05) is 13.2 Å². The van der Waals surface area contributed by atoms with E-state index in [1.54, 1.807) is 0 Å². The first-order valence-electron chi connectivity index (χ1n) is 8.59. The molecule has 0 atom stereocenters. The van der Waals surface area contributed by atoms with E-state index >= 15 is 0 Å². The van der Waals surface area contributed by atoms with Gasteiger partial charge in [0, 0.05) is 13.2 Å². The van der Waals surface area contributed by atoms with Gasteiger partial charge in [0.1, 0.15) is 0 Å². The molecule has 0 saturated heterocycles. The van der Waals surface area contributed by atoms with E-state index in [9.17, 15) is 0 Å². The Labute approximate surface area is 150 Å². The normalized spacial score (nSPS) is 9.75. The van der Waals surface area contributed by atoms with Crippen molar-refractivity contribution < 1.29 is 4.74 Å². The first kappa shape index (κ1) is 18.5. The zero-order valence-corrected chi connectivity index (χ0v) is 15.7. The smallest absolute Gasteiger partial charge is 0.382 e. The Hall–Kier alpha value is -1.85. The molecule has 1 nitrogen and oxygen atoms in total. The van der Waals surface area contributed by atoms with Crippen LogP contribution >= 0.6 is 0 Å². The second-order valence-electron chi connectivity index (χ2n) is 5.45. The Kier molecular flexibility index (Phi) is 8.35. The molecule has 0 N–H and O–H groups in total. The quantitative estimate of drug-likeness (QED) is 0.652.